The van der Waals surface area contributed by atoms with Crippen LogP contribution in [0.3, 0.4) is 0 Å². The molecule has 0 spiro atoms. The Morgan fingerprint density at radius 2 is 1.67 bits per heavy atom. The molecule has 0 amide bonds. The van der Waals surface area contributed by atoms with Crippen molar-refractivity contribution in [2.45, 2.75) is 45.1 Å². The second-order valence-electron chi connectivity index (χ2n) is 5.67. The van der Waals surface area contributed by atoms with Gasteiger partial charge < -0.3 is 15.5 Å². The molecule has 1 fully saturated rings. The fourth-order valence-corrected chi connectivity index (χ4v) is 2.44. The summed E-state index contributed by atoms with van der Waals surface area (Å²) in [6.07, 6.45) is 4.26. The first-order valence-corrected chi connectivity index (χ1v) is 7.22. The summed E-state index contributed by atoms with van der Waals surface area (Å²) in [5.74, 6) is 0. The summed E-state index contributed by atoms with van der Waals surface area (Å²) in [5.41, 5.74) is 5.17. The Morgan fingerprint density at radius 1 is 1.11 bits per heavy atom. The third kappa shape index (κ3) is 5.81. The van der Waals surface area contributed by atoms with Crippen molar-refractivity contribution in [3.8, 4) is 6.07 Å². The number of hydrogen-bond donors (Lipinski definition) is 1. The Kier molecular flexibility index (Phi) is 6.62. The molecule has 0 aliphatic carbocycles. The van der Waals surface area contributed by atoms with Gasteiger partial charge in [0.1, 0.15) is 5.54 Å². The Labute approximate surface area is 112 Å². The van der Waals surface area contributed by atoms with Gasteiger partial charge in [-0.2, -0.15) is 5.26 Å². The predicted octanol–water partition coefficient (Wildman–Crippen LogP) is 1.43. The van der Waals surface area contributed by atoms with E-state index in [1.807, 2.05) is 6.92 Å². The zero-order valence-electron chi connectivity index (χ0n) is 12.0. The average molecular weight is 252 g/mol. The smallest absolute Gasteiger partial charge is 0.101 e. The first-order valence-electron chi connectivity index (χ1n) is 7.22. The largest absolute Gasteiger partial charge is 0.314 e. The van der Waals surface area contributed by atoms with Crippen molar-refractivity contribution in [3.63, 3.8) is 0 Å². The zero-order chi connectivity index (χ0) is 13.4. The minimum absolute atomic E-state index is 0.639. The third-order valence-corrected chi connectivity index (χ3v) is 3.68. The molecule has 1 rings (SSSR count). The lowest BCUT2D eigenvalue weighted by Gasteiger charge is -2.34. The molecule has 0 bridgehead atoms. The van der Waals surface area contributed by atoms with E-state index in [4.69, 9.17) is 11.0 Å². The number of nitrogens with two attached hydrogens (primary N) is 1. The van der Waals surface area contributed by atoms with Gasteiger partial charge >= 0.3 is 0 Å². The van der Waals surface area contributed by atoms with E-state index in [1.165, 1.54) is 39.1 Å². The van der Waals surface area contributed by atoms with E-state index in [2.05, 4.69) is 22.8 Å². The molecule has 0 aromatic carbocycles. The Balaban J connectivity index is 2.06. The average Bonchev–Trinajstić information content (AvgIpc) is 2.37. The summed E-state index contributed by atoms with van der Waals surface area (Å²) < 4.78 is 0. The Bertz CT molecular complexity index is 261. The highest BCUT2D eigenvalue weighted by Gasteiger charge is 2.18. The summed E-state index contributed by atoms with van der Waals surface area (Å²) >= 11 is 0. The predicted molar refractivity (Wildman–Crippen MR) is 75.2 cm³/mol. The van der Waals surface area contributed by atoms with Crippen LogP contribution in [0.1, 0.15) is 39.5 Å². The van der Waals surface area contributed by atoms with Gasteiger partial charge in [-0.3, -0.25) is 0 Å². The van der Waals surface area contributed by atoms with E-state index in [9.17, 15) is 0 Å². The van der Waals surface area contributed by atoms with Gasteiger partial charge in [-0.1, -0.05) is 6.92 Å². The van der Waals surface area contributed by atoms with Gasteiger partial charge in [0.15, 0.2) is 0 Å². The fraction of sp³-hybridized carbons (Fsp3) is 0.929. The normalized spacial score (nSPS) is 21.4. The van der Waals surface area contributed by atoms with Crippen LogP contribution < -0.4 is 5.73 Å². The van der Waals surface area contributed by atoms with Crippen LogP contribution in [-0.2, 0) is 0 Å². The lowest BCUT2D eigenvalue weighted by atomic mass is 9.98. The van der Waals surface area contributed by atoms with Crippen LogP contribution in [-0.4, -0.2) is 54.6 Å². The molecule has 1 aliphatic heterocycles. The molecule has 1 unspecified atom stereocenters. The topological polar surface area (TPSA) is 56.3 Å². The van der Waals surface area contributed by atoms with E-state index in [1.54, 1.807) is 0 Å². The van der Waals surface area contributed by atoms with Crippen molar-refractivity contribution in [1.82, 2.24) is 9.80 Å². The lowest BCUT2D eigenvalue weighted by molar-refractivity contribution is 0.130. The van der Waals surface area contributed by atoms with E-state index >= 15 is 0 Å². The summed E-state index contributed by atoms with van der Waals surface area (Å²) in [6, 6.07) is 2.16. The van der Waals surface area contributed by atoms with Gasteiger partial charge in [-0.15, -0.1) is 0 Å². The number of nitriles is 1. The van der Waals surface area contributed by atoms with E-state index < -0.39 is 5.54 Å². The first-order chi connectivity index (χ1) is 8.57. The monoisotopic (exact) mass is 252 g/mol. The van der Waals surface area contributed by atoms with Crippen molar-refractivity contribution in [2.24, 2.45) is 5.73 Å². The van der Waals surface area contributed by atoms with Crippen molar-refractivity contribution in [2.75, 3.05) is 39.3 Å². The second-order valence-corrected chi connectivity index (χ2v) is 5.67. The highest BCUT2D eigenvalue weighted by molar-refractivity contribution is 5.00. The van der Waals surface area contributed by atoms with Crippen molar-refractivity contribution in [1.29, 1.82) is 5.26 Å². The van der Waals surface area contributed by atoms with Crippen LogP contribution in [0.15, 0.2) is 0 Å². The minimum atomic E-state index is -0.639. The Hall–Kier alpha value is -0.630. The summed E-state index contributed by atoms with van der Waals surface area (Å²) in [5, 5.41) is 8.83. The molecule has 1 heterocycles. The van der Waals surface area contributed by atoms with Crippen molar-refractivity contribution in [3.05, 3.63) is 0 Å². The van der Waals surface area contributed by atoms with Gasteiger partial charge in [0.05, 0.1) is 6.07 Å². The molecule has 0 aromatic heterocycles. The van der Waals surface area contributed by atoms with Crippen LogP contribution in [0.25, 0.3) is 0 Å². The first kappa shape index (κ1) is 15.4. The van der Waals surface area contributed by atoms with E-state index in [0.29, 0.717) is 0 Å². The lowest BCUT2D eigenvalue weighted by Crippen LogP contribution is -2.46. The maximum Gasteiger partial charge on any atom is 0.101 e. The number of piperazine rings is 1. The van der Waals surface area contributed by atoms with Gasteiger partial charge in [-0.05, 0) is 45.7 Å². The number of unbranched alkanes of at least 4 members (excludes halogenated alkanes) is 1. The molecule has 1 aliphatic rings. The third-order valence-electron chi connectivity index (χ3n) is 3.68. The van der Waals surface area contributed by atoms with E-state index in [0.717, 1.165) is 25.8 Å². The molecule has 0 saturated carbocycles. The van der Waals surface area contributed by atoms with Crippen molar-refractivity contribution < 1.29 is 0 Å². The van der Waals surface area contributed by atoms with Crippen LogP contribution >= 0.6 is 0 Å². The minimum Gasteiger partial charge on any atom is -0.314 e. The summed E-state index contributed by atoms with van der Waals surface area (Å²) in [6.45, 7) is 11.3. The highest BCUT2D eigenvalue weighted by Crippen LogP contribution is 2.10. The fourth-order valence-electron chi connectivity index (χ4n) is 2.44. The van der Waals surface area contributed by atoms with Crippen LogP contribution in [0.2, 0.25) is 0 Å². The molecule has 104 valence electrons. The van der Waals surface area contributed by atoms with Crippen LogP contribution in [0.4, 0.5) is 0 Å². The molecular weight excluding hydrogens is 224 g/mol. The molecule has 0 aromatic rings. The number of rotatable bonds is 7. The number of hydrogen-bond acceptors (Lipinski definition) is 4. The maximum atomic E-state index is 8.83. The molecule has 4 nitrogen and oxygen atoms in total. The quantitative estimate of drug-likeness (QED) is 0.696. The molecule has 0 radical (unpaired) electrons. The maximum absolute atomic E-state index is 8.83. The van der Waals surface area contributed by atoms with Crippen LogP contribution in [0, 0.1) is 11.3 Å². The van der Waals surface area contributed by atoms with Gasteiger partial charge in [0, 0.05) is 26.2 Å². The summed E-state index contributed by atoms with van der Waals surface area (Å²) in [7, 11) is 0. The molecule has 4 heteroatoms. The van der Waals surface area contributed by atoms with Crippen LogP contribution in [0.5, 0.6) is 0 Å². The highest BCUT2D eigenvalue weighted by atomic mass is 15.3. The SMILES string of the molecule is CCCN1CCN(CCCCC(C)(N)C#N)CC1. The molecular formula is C14H28N4. The zero-order valence-corrected chi connectivity index (χ0v) is 12.0. The van der Waals surface area contributed by atoms with E-state index in [-0.39, 0.29) is 0 Å². The van der Waals surface area contributed by atoms with Crippen molar-refractivity contribution >= 4 is 0 Å². The van der Waals surface area contributed by atoms with Gasteiger partial charge in [0.2, 0.25) is 0 Å². The Morgan fingerprint density at radius 3 is 2.17 bits per heavy atom. The number of nitrogens with zero attached hydrogens (tertiary/aromatic N) is 3. The molecule has 2 N–H and O–H groups in total. The molecule has 1 atom stereocenters. The molecule has 18 heavy (non-hydrogen) atoms. The standard InChI is InChI=1S/C14H28N4/c1-3-7-17-9-11-18(12-10-17)8-5-4-6-14(2,16)13-15/h3-12,16H2,1-2H3. The van der Waals surface area contributed by atoms with Gasteiger partial charge in [-0.25, -0.2) is 0 Å². The summed E-state index contributed by atoms with van der Waals surface area (Å²) in [4.78, 5) is 5.08. The molecule has 1 saturated heterocycles. The van der Waals surface area contributed by atoms with Gasteiger partial charge in [0.25, 0.3) is 0 Å². The second kappa shape index (κ2) is 7.73.